The first-order valence-electron chi connectivity index (χ1n) is 7.53. The molecule has 0 unspecified atom stereocenters. The molecule has 0 aromatic heterocycles. The molecule has 0 aliphatic carbocycles. The molecule has 1 aromatic carbocycles. The van der Waals surface area contributed by atoms with Gasteiger partial charge in [0.25, 0.3) is 0 Å². The number of nitrogens with zero attached hydrogens (tertiary/aromatic N) is 1. The van der Waals surface area contributed by atoms with Crippen molar-refractivity contribution < 1.29 is 14.3 Å². The molecule has 1 amide bonds. The van der Waals surface area contributed by atoms with E-state index >= 15 is 0 Å². The second-order valence-electron chi connectivity index (χ2n) is 5.22. The summed E-state index contributed by atoms with van der Waals surface area (Å²) in [7, 11) is 0. The molecule has 1 atom stereocenters. The monoisotopic (exact) mass is 364 g/mol. The first-order chi connectivity index (χ1) is 11.5. The zero-order chi connectivity index (χ0) is 17.5. The lowest BCUT2D eigenvalue weighted by molar-refractivity contribution is -0.140. The molecule has 1 aliphatic rings. The molecule has 0 saturated heterocycles. The Labute approximate surface area is 150 Å². The van der Waals surface area contributed by atoms with E-state index in [2.05, 4.69) is 11.4 Å². The number of ether oxygens (including phenoxy) is 1. The Morgan fingerprint density at radius 2 is 2.33 bits per heavy atom. The number of carbonyl (C=O) groups is 2. The summed E-state index contributed by atoms with van der Waals surface area (Å²) in [5.74, 6) is -0.881. The van der Waals surface area contributed by atoms with Crippen molar-refractivity contribution in [1.29, 1.82) is 5.26 Å². The van der Waals surface area contributed by atoms with Crippen molar-refractivity contribution in [2.45, 2.75) is 25.7 Å². The summed E-state index contributed by atoms with van der Waals surface area (Å²) >= 11 is 7.13. The highest BCUT2D eigenvalue weighted by molar-refractivity contribution is 8.03. The Kier molecular flexibility index (Phi) is 6.71. The number of nitriles is 1. The standard InChI is InChI=1S/C17H17ClN2O3S/c1-2-6-23-16(22)10-24-17-14(9-19)13(8-15(21)20-17)11-4-3-5-12(18)7-11/h3-5,7,13H,2,6,8,10H2,1H3,(H,20,21)/t13-/m0/s1. The number of esters is 1. The Morgan fingerprint density at radius 3 is 3.00 bits per heavy atom. The van der Waals surface area contributed by atoms with Gasteiger partial charge in [0.1, 0.15) is 0 Å². The first-order valence-corrected chi connectivity index (χ1v) is 8.89. The van der Waals surface area contributed by atoms with Crippen molar-refractivity contribution in [3.05, 3.63) is 45.5 Å². The van der Waals surface area contributed by atoms with E-state index in [1.807, 2.05) is 13.0 Å². The van der Waals surface area contributed by atoms with Crippen molar-refractivity contribution in [3.8, 4) is 6.07 Å². The molecule has 0 radical (unpaired) electrons. The number of halogens is 1. The molecule has 24 heavy (non-hydrogen) atoms. The Hall–Kier alpha value is -1.97. The van der Waals surface area contributed by atoms with E-state index in [4.69, 9.17) is 16.3 Å². The van der Waals surface area contributed by atoms with Crippen molar-refractivity contribution in [1.82, 2.24) is 5.32 Å². The maximum absolute atomic E-state index is 12.0. The van der Waals surface area contributed by atoms with Gasteiger partial charge >= 0.3 is 5.97 Å². The third-order valence-corrected chi connectivity index (χ3v) is 4.63. The first kappa shape index (κ1) is 18.4. The third kappa shape index (κ3) is 4.76. The minimum absolute atomic E-state index is 0.0447. The minimum atomic E-state index is -0.370. The predicted octanol–water partition coefficient (Wildman–Crippen LogP) is 3.37. The lowest BCUT2D eigenvalue weighted by Crippen LogP contribution is -2.31. The van der Waals surface area contributed by atoms with Crippen molar-refractivity contribution in [2.24, 2.45) is 0 Å². The van der Waals surface area contributed by atoms with E-state index in [-0.39, 0.29) is 30.0 Å². The van der Waals surface area contributed by atoms with E-state index in [1.54, 1.807) is 18.2 Å². The molecule has 1 N–H and O–H groups in total. The molecular formula is C17H17ClN2O3S. The summed E-state index contributed by atoms with van der Waals surface area (Å²) in [5.41, 5.74) is 1.24. The van der Waals surface area contributed by atoms with E-state index in [9.17, 15) is 14.9 Å². The van der Waals surface area contributed by atoms with Crippen LogP contribution in [-0.4, -0.2) is 24.2 Å². The predicted molar refractivity (Wildman–Crippen MR) is 93.3 cm³/mol. The minimum Gasteiger partial charge on any atom is -0.465 e. The number of nitrogens with one attached hydrogen (secondary N) is 1. The highest BCUT2D eigenvalue weighted by Crippen LogP contribution is 2.36. The van der Waals surface area contributed by atoms with E-state index < -0.39 is 0 Å². The van der Waals surface area contributed by atoms with Crippen molar-refractivity contribution >= 4 is 35.2 Å². The Balaban J connectivity index is 2.21. The normalized spacial score (nSPS) is 17.2. The highest BCUT2D eigenvalue weighted by Gasteiger charge is 2.30. The van der Waals surface area contributed by atoms with Crippen LogP contribution in [0.3, 0.4) is 0 Å². The van der Waals surface area contributed by atoms with Gasteiger partial charge in [0.05, 0.1) is 29.0 Å². The summed E-state index contributed by atoms with van der Waals surface area (Å²) in [5, 5.41) is 13.2. The Morgan fingerprint density at radius 1 is 1.54 bits per heavy atom. The zero-order valence-corrected chi connectivity index (χ0v) is 14.7. The maximum Gasteiger partial charge on any atom is 0.316 e. The molecule has 0 saturated carbocycles. The topological polar surface area (TPSA) is 79.2 Å². The van der Waals surface area contributed by atoms with Crippen LogP contribution >= 0.6 is 23.4 Å². The van der Waals surface area contributed by atoms with Gasteiger partial charge in [-0.05, 0) is 24.1 Å². The van der Waals surface area contributed by atoms with Crippen LogP contribution < -0.4 is 5.32 Å². The van der Waals surface area contributed by atoms with Crippen LogP contribution in [-0.2, 0) is 14.3 Å². The van der Waals surface area contributed by atoms with Gasteiger partial charge in [-0.25, -0.2) is 0 Å². The quantitative estimate of drug-likeness (QED) is 0.783. The molecular weight excluding hydrogens is 348 g/mol. The van der Waals surface area contributed by atoms with Gasteiger partial charge in [0, 0.05) is 17.4 Å². The zero-order valence-electron chi connectivity index (χ0n) is 13.2. The molecule has 126 valence electrons. The number of allylic oxidation sites excluding steroid dienone is 1. The summed E-state index contributed by atoms with van der Waals surface area (Å²) in [4.78, 5) is 23.6. The lowest BCUT2D eigenvalue weighted by Gasteiger charge is -2.25. The largest absolute Gasteiger partial charge is 0.465 e. The molecule has 0 spiro atoms. The molecule has 1 aliphatic heterocycles. The van der Waals surface area contributed by atoms with Crippen LogP contribution in [0.5, 0.6) is 0 Å². The summed E-state index contributed by atoms with van der Waals surface area (Å²) in [6.45, 7) is 2.27. The smallest absolute Gasteiger partial charge is 0.316 e. The third-order valence-electron chi connectivity index (χ3n) is 3.41. The van der Waals surface area contributed by atoms with Crippen LogP contribution in [0.15, 0.2) is 34.9 Å². The van der Waals surface area contributed by atoms with Crippen molar-refractivity contribution in [3.63, 3.8) is 0 Å². The van der Waals surface area contributed by atoms with Gasteiger partial charge in [-0.3, -0.25) is 9.59 Å². The number of hydrogen-bond donors (Lipinski definition) is 1. The molecule has 1 heterocycles. The van der Waals surface area contributed by atoms with E-state index in [0.717, 1.165) is 23.7 Å². The number of carbonyl (C=O) groups excluding carboxylic acids is 2. The molecule has 1 aromatic rings. The molecule has 2 rings (SSSR count). The fraction of sp³-hybridized carbons (Fsp3) is 0.353. The number of thioether (sulfide) groups is 1. The molecule has 0 bridgehead atoms. The van der Waals surface area contributed by atoms with E-state index in [0.29, 0.717) is 22.2 Å². The number of amides is 1. The van der Waals surface area contributed by atoms with Gasteiger partial charge in [-0.2, -0.15) is 5.26 Å². The average molecular weight is 365 g/mol. The van der Waals surface area contributed by atoms with Crippen LogP contribution in [0.25, 0.3) is 0 Å². The fourth-order valence-electron chi connectivity index (χ4n) is 2.33. The van der Waals surface area contributed by atoms with Gasteiger partial charge in [0.2, 0.25) is 5.91 Å². The molecule has 5 nitrogen and oxygen atoms in total. The van der Waals surface area contributed by atoms with Crippen molar-refractivity contribution in [2.75, 3.05) is 12.4 Å². The second-order valence-corrected chi connectivity index (χ2v) is 6.65. The summed E-state index contributed by atoms with van der Waals surface area (Å²) in [6, 6.07) is 9.27. The van der Waals surface area contributed by atoms with Gasteiger partial charge in [-0.15, -0.1) is 0 Å². The van der Waals surface area contributed by atoms with Gasteiger partial charge in [0.15, 0.2) is 0 Å². The summed E-state index contributed by atoms with van der Waals surface area (Å²) < 4.78 is 5.01. The average Bonchev–Trinajstić information content (AvgIpc) is 2.57. The van der Waals surface area contributed by atoms with Crippen LogP contribution in [0.1, 0.15) is 31.2 Å². The lowest BCUT2D eigenvalue weighted by atomic mass is 9.87. The van der Waals surface area contributed by atoms with Crippen LogP contribution in [0.2, 0.25) is 5.02 Å². The molecule has 7 heteroatoms. The maximum atomic E-state index is 12.0. The van der Waals surface area contributed by atoms with Gasteiger partial charge < -0.3 is 10.1 Å². The van der Waals surface area contributed by atoms with E-state index in [1.165, 1.54) is 0 Å². The van der Waals surface area contributed by atoms with Gasteiger partial charge in [-0.1, -0.05) is 42.4 Å². The van der Waals surface area contributed by atoms with Crippen LogP contribution in [0.4, 0.5) is 0 Å². The number of hydrogen-bond acceptors (Lipinski definition) is 5. The molecule has 0 fully saturated rings. The fourth-order valence-corrected chi connectivity index (χ4v) is 3.40. The summed E-state index contributed by atoms with van der Waals surface area (Å²) in [6.07, 6.45) is 0.920. The van der Waals surface area contributed by atoms with Crippen LogP contribution in [0, 0.1) is 11.3 Å². The number of benzene rings is 1. The SMILES string of the molecule is CCCOC(=O)CSC1=C(C#N)[C@H](c2cccc(Cl)c2)CC(=O)N1. The number of rotatable bonds is 6. The Bertz CT molecular complexity index is 712. The highest BCUT2D eigenvalue weighted by atomic mass is 35.5. The second kappa shape index (κ2) is 8.76.